The van der Waals surface area contributed by atoms with Crippen molar-refractivity contribution in [2.45, 2.75) is 26.4 Å². The van der Waals surface area contributed by atoms with E-state index in [0.717, 1.165) is 24.5 Å². The van der Waals surface area contributed by atoms with E-state index in [0.29, 0.717) is 6.54 Å². The minimum absolute atomic E-state index is 0.142. The van der Waals surface area contributed by atoms with Gasteiger partial charge in [-0.25, -0.2) is 0 Å². The molecule has 1 aliphatic heterocycles. The summed E-state index contributed by atoms with van der Waals surface area (Å²) in [4.78, 5) is 18.2. The van der Waals surface area contributed by atoms with Crippen LogP contribution in [0.2, 0.25) is 0 Å². The topological polar surface area (TPSA) is 32.8 Å². The first-order chi connectivity index (χ1) is 11.1. The number of benzene rings is 1. The number of methoxy groups -OCH3 is 1. The van der Waals surface area contributed by atoms with Crippen LogP contribution in [0.1, 0.15) is 17.4 Å². The molecule has 23 heavy (non-hydrogen) atoms. The van der Waals surface area contributed by atoms with Crippen molar-refractivity contribution in [2.24, 2.45) is 0 Å². The van der Waals surface area contributed by atoms with Gasteiger partial charge in [-0.05, 0) is 43.0 Å². The van der Waals surface area contributed by atoms with Gasteiger partial charge in [0.05, 0.1) is 13.7 Å². The van der Waals surface area contributed by atoms with E-state index < -0.39 is 0 Å². The minimum atomic E-state index is 0.142. The summed E-state index contributed by atoms with van der Waals surface area (Å²) in [5.41, 5.74) is 2.22. The molecule has 5 heteroatoms. The van der Waals surface area contributed by atoms with Crippen molar-refractivity contribution in [1.29, 1.82) is 0 Å². The molecule has 1 aromatic heterocycles. The number of nitrogens with zero attached hydrogens (tertiary/aromatic N) is 2. The highest BCUT2D eigenvalue weighted by molar-refractivity contribution is 7.10. The van der Waals surface area contributed by atoms with Crippen LogP contribution in [0.3, 0.4) is 0 Å². The molecule has 0 saturated carbocycles. The maximum atomic E-state index is 12.7. The van der Waals surface area contributed by atoms with Crippen LogP contribution >= 0.6 is 11.3 Å². The van der Waals surface area contributed by atoms with Gasteiger partial charge in [0.2, 0.25) is 5.91 Å². The highest BCUT2D eigenvalue weighted by Crippen LogP contribution is 2.27. The SMILES string of the molecule is COc1cccc(N2C(=O)CN(Cc3sccc3C)C[C@H]2C)c1. The molecule has 122 valence electrons. The Morgan fingerprint density at radius 3 is 2.83 bits per heavy atom. The fourth-order valence-electron chi connectivity index (χ4n) is 3.08. The normalized spacial score (nSPS) is 19.2. The molecular formula is C18H22N2O2S. The van der Waals surface area contributed by atoms with E-state index in [1.807, 2.05) is 29.2 Å². The van der Waals surface area contributed by atoms with E-state index in [9.17, 15) is 4.79 Å². The van der Waals surface area contributed by atoms with Gasteiger partial charge in [-0.15, -0.1) is 11.3 Å². The molecule has 3 rings (SSSR count). The van der Waals surface area contributed by atoms with Gasteiger partial charge < -0.3 is 9.64 Å². The zero-order valence-corrected chi connectivity index (χ0v) is 14.6. The standard InChI is InChI=1S/C18H22N2O2S/c1-13-7-8-23-17(13)11-19-10-14(2)20(18(21)12-19)15-5-4-6-16(9-15)22-3/h4-9,14H,10-12H2,1-3H3/t14-/m1/s1. The summed E-state index contributed by atoms with van der Waals surface area (Å²) in [7, 11) is 1.64. The van der Waals surface area contributed by atoms with E-state index >= 15 is 0 Å². The molecule has 0 N–H and O–H groups in total. The number of amides is 1. The van der Waals surface area contributed by atoms with Crippen LogP contribution in [-0.4, -0.2) is 37.0 Å². The Balaban J connectivity index is 1.74. The minimum Gasteiger partial charge on any atom is -0.497 e. The molecule has 4 nitrogen and oxygen atoms in total. The Hall–Kier alpha value is -1.85. The average Bonchev–Trinajstić information content (AvgIpc) is 2.92. The molecule has 1 aromatic carbocycles. The monoisotopic (exact) mass is 330 g/mol. The first-order valence-corrected chi connectivity index (χ1v) is 8.68. The van der Waals surface area contributed by atoms with E-state index in [1.165, 1.54) is 10.4 Å². The van der Waals surface area contributed by atoms with Crippen LogP contribution in [0.4, 0.5) is 5.69 Å². The van der Waals surface area contributed by atoms with E-state index in [-0.39, 0.29) is 11.9 Å². The molecule has 1 amide bonds. The summed E-state index contributed by atoms with van der Waals surface area (Å²) < 4.78 is 5.27. The summed E-state index contributed by atoms with van der Waals surface area (Å²) >= 11 is 1.76. The largest absolute Gasteiger partial charge is 0.497 e. The van der Waals surface area contributed by atoms with Crippen LogP contribution in [-0.2, 0) is 11.3 Å². The molecule has 0 radical (unpaired) electrons. The van der Waals surface area contributed by atoms with E-state index in [4.69, 9.17) is 4.74 Å². The lowest BCUT2D eigenvalue weighted by Gasteiger charge is -2.39. The van der Waals surface area contributed by atoms with Crippen molar-refractivity contribution in [3.8, 4) is 5.75 Å². The molecule has 0 aliphatic carbocycles. The third kappa shape index (κ3) is 3.41. The smallest absolute Gasteiger partial charge is 0.241 e. The fraction of sp³-hybridized carbons (Fsp3) is 0.389. The lowest BCUT2D eigenvalue weighted by Crippen LogP contribution is -2.55. The second-order valence-corrected chi connectivity index (χ2v) is 7.01. The van der Waals surface area contributed by atoms with Crippen molar-refractivity contribution in [3.63, 3.8) is 0 Å². The Bertz CT molecular complexity index is 698. The summed E-state index contributed by atoms with van der Waals surface area (Å²) in [6, 6.07) is 9.99. The van der Waals surface area contributed by atoms with Gasteiger partial charge in [-0.1, -0.05) is 6.07 Å². The number of hydrogen-bond acceptors (Lipinski definition) is 4. The van der Waals surface area contributed by atoms with Gasteiger partial charge in [0.15, 0.2) is 0 Å². The molecular weight excluding hydrogens is 308 g/mol. The van der Waals surface area contributed by atoms with Crippen molar-refractivity contribution >= 4 is 22.9 Å². The summed E-state index contributed by atoms with van der Waals surface area (Å²) in [6.07, 6.45) is 0. The van der Waals surface area contributed by atoms with Crippen LogP contribution in [0.25, 0.3) is 0 Å². The number of carbonyl (C=O) groups is 1. The lowest BCUT2D eigenvalue weighted by molar-refractivity contribution is -0.122. The van der Waals surface area contributed by atoms with Gasteiger partial charge in [-0.3, -0.25) is 9.69 Å². The molecule has 0 unspecified atom stereocenters. The molecule has 1 atom stereocenters. The van der Waals surface area contributed by atoms with Crippen LogP contribution in [0.5, 0.6) is 5.75 Å². The predicted octanol–water partition coefficient (Wildman–Crippen LogP) is 3.30. The third-order valence-electron chi connectivity index (χ3n) is 4.26. The molecule has 1 saturated heterocycles. The van der Waals surface area contributed by atoms with E-state index in [2.05, 4.69) is 30.2 Å². The van der Waals surface area contributed by atoms with Gasteiger partial charge in [0, 0.05) is 35.8 Å². The zero-order chi connectivity index (χ0) is 16.4. The van der Waals surface area contributed by atoms with Gasteiger partial charge in [0.25, 0.3) is 0 Å². The second-order valence-electron chi connectivity index (χ2n) is 6.01. The van der Waals surface area contributed by atoms with Crippen molar-refractivity contribution < 1.29 is 9.53 Å². The second kappa shape index (κ2) is 6.72. The summed E-state index contributed by atoms with van der Waals surface area (Å²) in [5, 5.41) is 2.11. The Morgan fingerprint density at radius 1 is 1.35 bits per heavy atom. The van der Waals surface area contributed by atoms with Crippen molar-refractivity contribution in [1.82, 2.24) is 4.90 Å². The number of aryl methyl sites for hydroxylation is 1. The number of thiophene rings is 1. The zero-order valence-electron chi connectivity index (χ0n) is 13.8. The highest BCUT2D eigenvalue weighted by Gasteiger charge is 2.31. The summed E-state index contributed by atoms with van der Waals surface area (Å²) in [5.74, 6) is 0.922. The lowest BCUT2D eigenvalue weighted by atomic mass is 10.1. The molecule has 1 fully saturated rings. The fourth-order valence-corrected chi connectivity index (χ4v) is 4.03. The number of rotatable bonds is 4. The highest BCUT2D eigenvalue weighted by atomic mass is 32.1. The van der Waals surface area contributed by atoms with Crippen molar-refractivity contribution in [3.05, 3.63) is 46.2 Å². The van der Waals surface area contributed by atoms with Crippen LogP contribution in [0, 0.1) is 6.92 Å². The quantitative estimate of drug-likeness (QED) is 0.862. The number of anilines is 1. The van der Waals surface area contributed by atoms with Gasteiger partial charge in [0.1, 0.15) is 5.75 Å². The number of piperazine rings is 1. The van der Waals surface area contributed by atoms with Crippen molar-refractivity contribution in [2.75, 3.05) is 25.1 Å². The molecule has 0 bridgehead atoms. The van der Waals surface area contributed by atoms with Crippen LogP contribution in [0.15, 0.2) is 35.7 Å². The van der Waals surface area contributed by atoms with Gasteiger partial charge in [-0.2, -0.15) is 0 Å². The van der Waals surface area contributed by atoms with E-state index in [1.54, 1.807) is 18.4 Å². The molecule has 1 aliphatic rings. The van der Waals surface area contributed by atoms with Crippen LogP contribution < -0.4 is 9.64 Å². The predicted molar refractivity (Wildman–Crippen MR) is 94.3 cm³/mol. The number of carbonyl (C=O) groups excluding carboxylic acids is 1. The molecule has 2 heterocycles. The maximum Gasteiger partial charge on any atom is 0.241 e. The summed E-state index contributed by atoms with van der Waals surface area (Å²) in [6.45, 7) is 6.42. The Morgan fingerprint density at radius 2 is 2.17 bits per heavy atom. The maximum absolute atomic E-state index is 12.7. The Kier molecular flexibility index (Phi) is 4.68. The number of ether oxygens (including phenoxy) is 1. The number of hydrogen-bond donors (Lipinski definition) is 0. The first-order valence-electron chi connectivity index (χ1n) is 7.80. The first kappa shape index (κ1) is 16.0. The molecule has 0 spiro atoms. The third-order valence-corrected chi connectivity index (χ3v) is 5.27. The molecule has 2 aromatic rings. The average molecular weight is 330 g/mol. The Labute approximate surface area is 141 Å². The van der Waals surface area contributed by atoms with Gasteiger partial charge >= 0.3 is 0 Å².